The fourth-order valence-corrected chi connectivity index (χ4v) is 2.17. The maximum Gasteiger partial charge on any atom is 0.150 e. The molecule has 0 aliphatic rings. The number of ether oxygens (including phenoxy) is 1. The second-order valence-corrected chi connectivity index (χ2v) is 7.49. The smallest absolute Gasteiger partial charge is 0.150 e. The van der Waals surface area contributed by atoms with Crippen molar-refractivity contribution in [3.63, 3.8) is 0 Å². The summed E-state index contributed by atoms with van der Waals surface area (Å²) in [6.45, 7) is 4.34. The van der Waals surface area contributed by atoms with E-state index >= 15 is 0 Å². The van der Waals surface area contributed by atoms with E-state index in [1.807, 2.05) is 18.2 Å². The summed E-state index contributed by atoms with van der Waals surface area (Å²) in [5.74, 6) is 1.13. The van der Waals surface area contributed by atoms with E-state index in [-0.39, 0.29) is 12.4 Å². The molecule has 1 aromatic carbocycles. The Morgan fingerprint density at radius 1 is 1.35 bits per heavy atom. The van der Waals surface area contributed by atoms with Gasteiger partial charge in [0.2, 0.25) is 0 Å². The Morgan fingerprint density at radius 3 is 2.53 bits per heavy atom. The molecule has 96 valence electrons. The van der Waals surface area contributed by atoms with E-state index in [0.29, 0.717) is 5.92 Å². The maximum atomic E-state index is 11.0. The molecule has 5 heteroatoms. The minimum atomic E-state index is -2.97. The summed E-state index contributed by atoms with van der Waals surface area (Å²) in [6, 6.07) is 5.75. The molecule has 0 atom stereocenters. The highest BCUT2D eigenvalue weighted by Crippen LogP contribution is 2.29. The number of hydrogen-bond donors (Lipinski definition) is 0. The topological polar surface area (TPSA) is 43.4 Å². The zero-order chi connectivity index (χ0) is 13.1. The molecule has 0 aliphatic heterocycles. The first-order valence-electron chi connectivity index (χ1n) is 5.39. The van der Waals surface area contributed by atoms with Gasteiger partial charge in [-0.05, 0) is 29.7 Å². The summed E-state index contributed by atoms with van der Waals surface area (Å²) in [7, 11) is -2.97. The van der Waals surface area contributed by atoms with Crippen LogP contribution >= 0.6 is 15.9 Å². The van der Waals surface area contributed by atoms with Crippen LogP contribution in [-0.2, 0) is 9.84 Å². The van der Waals surface area contributed by atoms with Crippen LogP contribution in [0.15, 0.2) is 22.7 Å². The predicted octanol–water partition coefficient (Wildman–Crippen LogP) is 3.00. The summed E-state index contributed by atoms with van der Waals surface area (Å²) in [5.41, 5.74) is 1.08. The zero-order valence-corrected chi connectivity index (χ0v) is 12.6. The second kappa shape index (κ2) is 5.87. The van der Waals surface area contributed by atoms with E-state index in [9.17, 15) is 8.42 Å². The van der Waals surface area contributed by atoms with Crippen LogP contribution in [0.25, 0.3) is 0 Å². The molecule has 0 radical (unpaired) electrons. The summed E-state index contributed by atoms with van der Waals surface area (Å²) in [5, 5.41) is 0. The lowest BCUT2D eigenvalue weighted by Gasteiger charge is -2.14. The Morgan fingerprint density at radius 2 is 2.00 bits per heavy atom. The van der Waals surface area contributed by atoms with Gasteiger partial charge in [0.1, 0.15) is 12.4 Å². The molecule has 1 rings (SSSR count). The van der Waals surface area contributed by atoms with Crippen LogP contribution < -0.4 is 4.74 Å². The quantitative estimate of drug-likeness (QED) is 0.837. The van der Waals surface area contributed by atoms with Crippen LogP contribution in [0.2, 0.25) is 0 Å². The van der Waals surface area contributed by atoms with Crippen molar-refractivity contribution in [1.82, 2.24) is 0 Å². The molecule has 0 amide bonds. The Balaban J connectivity index is 2.77. The number of rotatable bonds is 5. The van der Waals surface area contributed by atoms with Crippen molar-refractivity contribution in [2.45, 2.75) is 19.8 Å². The predicted molar refractivity (Wildman–Crippen MR) is 73.4 cm³/mol. The lowest BCUT2D eigenvalue weighted by Crippen LogP contribution is -2.12. The summed E-state index contributed by atoms with van der Waals surface area (Å²) in [4.78, 5) is 0. The van der Waals surface area contributed by atoms with Crippen LogP contribution in [0, 0.1) is 0 Å². The fraction of sp³-hybridized carbons (Fsp3) is 0.500. The molecule has 0 aliphatic carbocycles. The Hall–Kier alpha value is -0.550. The third kappa shape index (κ3) is 5.08. The van der Waals surface area contributed by atoms with Crippen molar-refractivity contribution in [2.75, 3.05) is 18.6 Å². The maximum absolute atomic E-state index is 11.0. The molecule has 0 fully saturated rings. The average Bonchev–Trinajstić information content (AvgIpc) is 2.18. The van der Waals surface area contributed by atoms with Crippen LogP contribution in [-0.4, -0.2) is 27.0 Å². The van der Waals surface area contributed by atoms with E-state index in [0.717, 1.165) is 15.8 Å². The van der Waals surface area contributed by atoms with Gasteiger partial charge in [0.15, 0.2) is 9.84 Å². The minimum absolute atomic E-state index is 0.0423. The highest BCUT2D eigenvalue weighted by atomic mass is 79.9. The number of benzene rings is 1. The molecule has 0 saturated carbocycles. The summed E-state index contributed by atoms with van der Waals surface area (Å²) in [6.07, 6.45) is 1.21. The van der Waals surface area contributed by atoms with Crippen molar-refractivity contribution in [2.24, 2.45) is 0 Å². The first-order chi connectivity index (χ1) is 7.79. The molecule has 0 bridgehead atoms. The number of sulfone groups is 1. The standard InChI is InChI=1S/C12H17BrO3S/c1-9(2)11-8-10(13)4-5-12(11)16-6-7-17(3,14)15/h4-5,8-9H,6-7H2,1-3H3. The van der Waals surface area contributed by atoms with E-state index < -0.39 is 9.84 Å². The van der Waals surface area contributed by atoms with Gasteiger partial charge in [0.25, 0.3) is 0 Å². The second-order valence-electron chi connectivity index (χ2n) is 4.32. The Bertz CT molecular complexity index is 481. The van der Waals surface area contributed by atoms with E-state index in [1.165, 1.54) is 6.26 Å². The molecule has 0 N–H and O–H groups in total. The average molecular weight is 321 g/mol. The monoisotopic (exact) mass is 320 g/mol. The third-order valence-corrected chi connectivity index (χ3v) is 3.71. The van der Waals surface area contributed by atoms with Crippen LogP contribution in [0.3, 0.4) is 0 Å². The Kier molecular flexibility index (Phi) is 5.01. The molecule has 0 unspecified atom stereocenters. The van der Waals surface area contributed by atoms with Gasteiger partial charge in [-0.1, -0.05) is 29.8 Å². The van der Waals surface area contributed by atoms with Gasteiger partial charge in [-0.3, -0.25) is 0 Å². The van der Waals surface area contributed by atoms with Crippen molar-refractivity contribution in [3.05, 3.63) is 28.2 Å². The first kappa shape index (κ1) is 14.5. The summed E-state index contributed by atoms with van der Waals surface area (Å²) < 4.78 is 28.5. The molecular weight excluding hydrogens is 304 g/mol. The third-order valence-electron chi connectivity index (χ3n) is 2.31. The van der Waals surface area contributed by atoms with Crippen LogP contribution in [0.4, 0.5) is 0 Å². The lowest BCUT2D eigenvalue weighted by molar-refractivity contribution is 0.336. The van der Waals surface area contributed by atoms with Crippen molar-refractivity contribution >= 4 is 25.8 Å². The molecule has 0 heterocycles. The van der Waals surface area contributed by atoms with Gasteiger partial charge in [-0.2, -0.15) is 0 Å². The molecule has 0 aromatic heterocycles. The molecule has 1 aromatic rings. The van der Waals surface area contributed by atoms with E-state index in [2.05, 4.69) is 29.8 Å². The summed E-state index contributed by atoms with van der Waals surface area (Å²) >= 11 is 3.41. The normalized spacial score (nSPS) is 11.8. The van der Waals surface area contributed by atoms with Crippen LogP contribution in [0.1, 0.15) is 25.3 Å². The van der Waals surface area contributed by atoms with Gasteiger partial charge in [0.05, 0.1) is 5.75 Å². The van der Waals surface area contributed by atoms with Crippen molar-refractivity contribution in [1.29, 1.82) is 0 Å². The fourth-order valence-electron chi connectivity index (χ4n) is 1.40. The first-order valence-corrected chi connectivity index (χ1v) is 8.25. The largest absolute Gasteiger partial charge is 0.492 e. The highest BCUT2D eigenvalue weighted by Gasteiger charge is 2.09. The van der Waals surface area contributed by atoms with E-state index in [4.69, 9.17) is 4.74 Å². The zero-order valence-electron chi connectivity index (χ0n) is 10.2. The SMILES string of the molecule is CC(C)c1cc(Br)ccc1OCCS(C)(=O)=O. The van der Waals surface area contributed by atoms with Gasteiger partial charge in [-0.25, -0.2) is 8.42 Å². The molecular formula is C12H17BrO3S. The number of halogens is 1. The highest BCUT2D eigenvalue weighted by molar-refractivity contribution is 9.10. The van der Waals surface area contributed by atoms with Crippen molar-refractivity contribution in [3.8, 4) is 5.75 Å². The van der Waals surface area contributed by atoms with Gasteiger partial charge in [0, 0.05) is 10.7 Å². The lowest BCUT2D eigenvalue weighted by atomic mass is 10.0. The number of hydrogen-bond acceptors (Lipinski definition) is 3. The Labute approximate surface area is 111 Å². The van der Waals surface area contributed by atoms with Gasteiger partial charge >= 0.3 is 0 Å². The molecule has 3 nitrogen and oxygen atoms in total. The molecule has 0 spiro atoms. The van der Waals surface area contributed by atoms with Gasteiger partial charge < -0.3 is 4.74 Å². The van der Waals surface area contributed by atoms with Gasteiger partial charge in [-0.15, -0.1) is 0 Å². The van der Waals surface area contributed by atoms with E-state index in [1.54, 1.807) is 0 Å². The molecule has 17 heavy (non-hydrogen) atoms. The van der Waals surface area contributed by atoms with Crippen molar-refractivity contribution < 1.29 is 13.2 Å². The van der Waals surface area contributed by atoms with Crippen LogP contribution in [0.5, 0.6) is 5.75 Å². The minimum Gasteiger partial charge on any atom is -0.492 e. The molecule has 0 saturated heterocycles.